The molecule has 0 saturated carbocycles. The van der Waals surface area contributed by atoms with E-state index in [9.17, 15) is 10.1 Å². The third kappa shape index (κ3) is 1.89. The van der Waals surface area contributed by atoms with Crippen LogP contribution in [0.4, 0.5) is 5.69 Å². The van der Waals surface area contributed by atoms with Gasteiger partial charge < -0.3 is 10.1 Å². The Bertz CT molecular complexity index is 957. The summed E-state index contributed by atoms with van der Waals surface area (Å²) in [6.45, 7) is 4.16. The van der Waals surface area contributed by atoms with Crippen molar-refractivity contribution in [3.05, 3.63) is 52.7 Å². The molecule has 1 N–H and O–H groups in total. The zero-order valence-electron chi connectivity index (χ0n) is 15.7. The van der Waals surface area contributed by atoms with Crippen molar-refractivity contribution in [2.24, 2.45) is 5.41 Å². The van der Waals surface area contributed by atoms with Crippen molar-refractivity contribution < 1.29 is 9.53 Å². The van der Waals surface area contributed by atoms with E-state index in [0.29, 0.717) is 18.0 Å². The number of carbonyl (C=O) groups is 1. The summed E-state index contributed by atoms with van der Waals surface area (Å²) in [7, 11) is 1.46. The number of esters is 1. The number of methoxy groups -OCH3 is 1. The molecule has 3 atom stereocenters. The van der Waals surface area contributed by atoms with Crippen LogP contribution >= 0.6 is 0 Å². The van der Waals surface area contributed by atoms with E-state index in [2.05, 4.69) is 35.4 Å². The fraction of sp³-hybridized carbons (Fsp3) is 0.455. The summed E-state index contributed by atoms with van der Waals surface area (Å²) in [6.07, 6.45) is 7.21. The molecule has 3 heterocycles. The minimum Gasteiger partial charge on any atom is -0.466 e. The van der Waals surface area contributed by atoms with Crippen LogP contribution in [0.15, 0.2) is 41.6 Å². The third-order valence-corrected chi connectivity index (χ3v) is 7.19. The van der Waals surface area contributed by atoms with Gasteiger partial charge in [-0.1, -0.05) is 19.1 Å². The number of rotatable bonds is 2. The van der Waals surface area contributed by atoms with Crippen molar-refractivity contribution in [1.82, 2.24) is 4.90 Å². The maximum atomic E-state index is 12.8. The number of fused-ring (bicyclic) bond motifs is 1. The van der Waals surface area contributed by atoms with Gasteiger partial charge in [-0.15, -0.1) is 0 Å². The number of anilines is 1. The summed E-state index contributed by atoms with van der Waals surface area (Å²) in [6, 6.07) is 8.44. The van der Waals surface area contributed by atoms with E-state index in [0.717, 1.165) is 42.9 Å². The highest BCUT2D eigenvalue weighted by Gasteiger charge is 2.65. The molecule has 1 aliphatic carbocycles. The molecule has 5 nitrogen and oxygen atoms in total. The predicted molar refractivity (Wildman–Crippen MR) is 102 cm³/mol. The Balaban J connectivity index is 1.84. The molecule has 138 valence electrons. The molecular formula is C22H23N3O2. The Morgan fingerprint density at radius 2 is 2.33 bits per heavy atom. The summed E-state index contributed by atoms with van der Waals surface area (Å²) >= 11 is 0. The number of benzene rings is 1. The zero-order valence-corrected chi connectivity index (χ0v) is 15.7. The SMILES string of the molecule is CC[C@]12C=CCN3CC[C@]4(C(=C(C(=O)OC)C1)Nc1ccc(C#N)cc14)[C@@H]32. The molecule has 0 amide bonds. The van der Waals surface area contributed by atoms with Crippen molar-refractivity contribution in [3.63, 3.8) is 0 Å². The van der Waals surface area contributed by atoms with Gasteiger partial charge in [0.05, 0.1) is 29.7 Å². The largest absolute Gasteiger partial charge is 0.466 e. The van der Waals surface area contributed by atoms with Gasteiger partial charge >= 0.3 is 5.97 Å². The van der Waals surface area contributed by atoms with E-state index in [4.69, 9.17) is 4.74 Å². The minimum atomic E-state index is -0.273. The van der Waals surface area contributed by atoms with Crippen LogP contribution in [0.3, 0.4) is 0 Å². The minimum absolute atomic E-state index is 0.0896. The second-order valence-electron chi connectivity index (χ2n) is 8.13. The maximum absolute atomic E-state index is 12.8. The summed E-state index contributed by atoms with van der Waals surface area (Å²) in [5.74, 6) is -0.242. The lowest BCUT2D eigenvalue weighted by atomic mass is 9.55. The van der Waals surface area contributed by atoms with Crippen LogP contribution in [0.2, 0.25) is 0 Å². The Morgan fingerprint density at radius 1 is 1.48 bits per heavy atom. The first-order valence-corrected chi connectivity index (χ1v) is 9.65. The van der Waals surface area contributed by atoms with Gasteiger partial charge in [0.2, 0.25) is 0 Å². The van der Waals surface area contributed by atoms with Crippen molar-refractivity contribution in [1.29, 1.82) is 5.26 Å². The highest BCUT2D eigenvalue weighted by molar-refractivity contribution is 5.93. The summed E-state index contributed by atoms with van der Waals surface area (Å²) < 4.78 is 5.19. The molecule has 4 aliphatic rings. The predicted octanol–water partition coefficient (Wildman–Crippen LogP) is 3.09. The van der Waals surface area contributed by atoms with Crippen molar-refractivity contribution in [2.45, 2.75) is 37.6 Å². The molecule has 0 bridgehead atoms. The zero-order chi connectivity index (χ0) is 18.8. The van der Waals surface area contributed by atoms with Crippen LogP contribution in [-0.2, 0) is 14.9 Å². The van der Waals surface area contributed by atoms with Gasteiger partial charge in [-0.2, -0.15) is 5.26 Å². The molecule has 0 radical (unpaired) electrons. The molecule has 27 heavy (non-hydrogen) atoms. The number of nitrogens with zero attached hydrogens (tertiary/aromatic N) is 2. The van der Waals surface area contributed by atoms with Gasteiger partial charge in [0, 0.05) is 35.9 Å². The monoisotopic (exact) mass is 361 g/mol. The van der Waals surface area contributed by atoms with E-state index < -0.39 is 0 Å². The molecule has 5 rings (SSSR count). The van der Waals surface area contributed by atoms with Crippen LogP contribution in [0.1, 0.15) is 37.3 Å². The number of hydrogen-bond donors (Lipinski definition) is 1. The summed E-state index contributed by atoms with van der Waals surface area (Å²) in [5, 5.41) is 13.0. The number of carbonyl (C=O) groups excluding carboxylic acids is 1. The Hall–Kier alpha value is -2.58. The van der Waals surface area contributed by atoms with Gasteiger partial charge in [-0.25, -0.2) is 4.79 Å². The van der Waals surface area contributed by atoms with E-state index >= 15 is 0 Å². The first-order valence-electron chi connectivity index (χ1n) is 9.65. The highest BCUT2D eigenvalue weighted by atomic mass is 16.5. The van der Waals surface area contributed by atoms with Crippen molar-refractivity contribution >= 4 is 11.7 Å². The number of hydrogen-bond acceptors (Lipinski definition) is 5. The third-order valence-electron chi connectivity index (χ3n) is 7.19. The smallest absolute Gasteiger partial charge is 0.335 e. The lowest BCUT2D eigenvalue weighted by molar-refractivity contribution is -0.137. The van der Waals surface area contributed by atoms with Crippen molar-refractivity contribution in [2.75, 3.05) is 25.5 Å². The molecule has 1 spiro atoms. The lowest BCUT2D eigenvalue weighted by Gasteiger charge is -2.53. The Labute approximate surface area is 159 Å². The fourth-order valence-electron chi connectivity index (χ4n) is 6.13. The van der Waals surface area contributed by atoms with Gasteiger partial charge in [-0.3, -0.25) is 4.90 Å². The molecule has 1 aromatic rings. The van der Waals surface area contributed by atoms with Crippen LogP contribution in [0.25, 0.3) is 0 Å². The van der Waals surface area contributed by atoms with Crippen molar-refractivity contribution in [3.8, 4) is 6.07 Å². The fourth-order valence-corrected chi connectivity index (χ4v) is 6.13. The van der Waals surface area contributed by atoms with Gasteiger partial charge in [-0.05, 0) is 43.0 Å². The van der Waals surface area contributed by atoms with Crippen LogP contribution in [0, 0.1) is 16.7 Å². The molecule has 1 fully saturated rings. The van der Waals surface area contributed by atoms with E-state index in [1.165, 1.54) is 12.7 Å². The highest BCUT2D eigenvalue weighted by Crippen LogP contribution is 2.64. The first-order chi connectivity index (χ1) is 13.1. The second-order valence-corrected chi connectivity index (χ2v) is 8.13. The molecule has 5 heteroatoms. The number of ether oxygens (including phenoxy) is 1. The number of nitriles is 1. The molecule has 0 aromatic heterocycles. The van der Waals surface area contributed by atoms with E-state index in [-0.39, 0.29) is 16.8 Å². The molecule has 1 aromatic carbocycles. The average Bonchev–Trinajstić information content (AvgIpc) is 3.27. The van der Waals surface area contributed by atoms with Gasteiger partial charge in [0.25, 0.3) is 0 Å². The second kappa shape index (κ2) is 5.46. The maximum Gasteiger partial charge on any atom is 0.335 e. The Morgan fingerprint density at radius 3 is 3.07 bits per heavy atom. The number of nitrogens with one attached hydrogen (secondary N) is 1. The topological polar surface area (TPSA) is 65.4 Å². The summed E-state index contributed by atoms with van der Waals surface area (Å²) in [5.41, 5.74) is 4.26. The molecular weight excluding hydrogens is 338 g/mol. The standard InChI is InChI=1S/C22H23N3O2/c1-3-21-7-4-9-25-10-8-22(20(21)25)16-11-14(13-23)5-6-17(16)24-18(22)15(12-21)19(26)27-2/h4-7,11,20,24H,3,8-10,12H2,1-2H3/t20-,21-,22-/m0/s1. The first kappa shape index (κ1) is 16.6. The summed E-state index contributed by atoms with van der Waals surface area (Å²) in [4.78, 5) is 15.3. The lowest BCUT2D eigenvalue weighted by Crippen LogP contribution is -2.58. The van der Waals surface area contributed by atoms with Crippen LogP contribution < -0.4 is 5.32 Å². The Kier molecular flexibility index (Phi) is 3.36. The van der Waals surface area contributed by atoms with Crippen LogP contribution in [-0.4, -0.2) is 37.1 Å². The quantitative estimate of drug-likeness (QED) is 0.648. The molecule has 3 aliphatic heterocycles. The van der Waals surface area contributed by atoms with E-state index in [1.54, 1.807) is 0 Å². The molecule has 0 unspecified atom stereocenters. The van der Waals surface area contributed by atoms with Crippen LogP contribution in [0.5, 0.6) is 0 Å². The average molecular weight is 361 g/mol. The van der Waals surface area contributed by atoms with Gasteiger partial charge in [0.15, 0.2) is 0 Å². The molecule has 1 saturated heterocycles. The van der Waals surface area contributed by atoms with E-state index in [1.807, 2.05) is 18.2 Å². The normalized spacial score (nSPS) is 33.0. The van der Waals surface area contributed by atoms with Gasteiger partial charge in [0.1, 0.15) is 0 Å².